The van der Waals surface area contributed by atoms with Crippen molar-refractivity contribution in [2.24, 2.45) is 0 Å². The summed E-state index contributed by atoms with van der Waals surface area (Å²) in [5.41, 5.74) is 1.78. The van der Waals surface area contributed by atoms with Gasteiger partial charge < -0.3 is 4.74 Å². The lowest BCUT2D eigenvalue weighted by Crippen LogP contribution is -1.97. The SMILES string of the molecule is CC.COc1nc(Cl)nc(C)c1C. The van der Waals surface area contributed by atoms with E-state index >= 15 is 0 Å². The van der Waals surface area contributed by atoms with Gasteiger partial charge in [-0.15, -0.1) is 0 Å². The molecular formula is C9H15ClN2O. The molecule has 0 spiro atoms. The number of aryl methyl sites for hydroxylation is 1. The zero-order valence-corrected chi connectivity index (χ0v) is 9.44. The van der Waals surface area contributed by atoms with E-state index in [9.17, 15) is 0 Å². The van der Waals surface area contributed by atoms with Crippen molar-refractivity contribution in [3.05, 3.63) is 16.5 Å². The Bertz CT molecular complexity index is 277. The van der Waals surface area contributed by atoms with E-state index in [1.807, 2.05) is 27.7 Å². The first-order valence-corrected chi connectivity index (χ1v) is 4.57. The molecule has 1 heterocycles. The van der Waals surface area contributed by atoms with Crippen molar-refractivity contribution >= 4 is 11.6 Å². The highest BCUT2D eigenvalue weighted by Crippen LogP contribution is 2.18. The summed E-state index contributed by atoms with van der Waals surface area (Å²) >= 11 is 5.60. The molecule has 0 saturated carbocycles. The van der Waals surface area contributed by atoms with Gasteiger partial charge in [0.1, 0.15) is 0 Å². The molecule has 1 rings (SSSR count). The Balaban J connectivity index is 0.000000671. The van der Waals surface area contributed by atoms with Crippen LogP contribution in [0.5, 0.6) is 5.88 Å². The third kappa shape index (κ3) is 3.19. The monoisotopic (exact) mass is 202 g/mol. The van der Waals surface area contributed by atoms with E-state index in [1.54, 1.807) is 7.11 Å². The predicted octanol–water partition coefficient (Wildman–Crippen LogP) is 2.78. The lowest BCUT2D eigenvalue weighted by molar-refractivity contribution is 0.393. The molecule has 0 saturated heterocycles. The molecule has 1 aromatic heterocycles. The minimum Gasteiger partial charge on any atom is -0.481 e. The van der Waals surface area contributed by atoms with Crippen LogP contribution in [0.25, 0.3) is 0 Å². The summed E-state index contributed by atoms with van der Waals surface area (Å²) in [5, 5.41) is 0.227. The highest BCUT2D eigenvalue weighted by Gasteiger charge is 2.05. The van der Waals surface area contributed by atoms with E-state index in [-0.39, 0.29) is 5.28 Å². The van der Waals surface area contributed by atoms with Gasteiger partial charge in [-0.25, -0.2) is 4.98 Å². The molecule has 74 valence electrons. The van der Waals surface area contributed by atoms with Crippen molar-refractivity contribution in [2.45, 2.75) is 27.7 Å². The summed E-state index contributed by atoms with van der Waals surface area (Å²) in [7, 11) is 1.56. The Morgan fingerprint density at radius 1 is 1.15 bits per heavy atom. The lowest BCUT2D eigenvalue weighted by Gasteiger charge is -2.04. The second-order valence-electron chi connectivity index (χ2n) is 2.21. The lowest BCUT2D eigenvalue weighted by atomic mass is 10.3. The van der Waals surface area contributed by atoms with Crippen molar-refractivity contribution in [3.63, 3.8) is 0 Å². The molecular weight excluding hydrogens is 188 g/mol. The molecule has 0 atom stereocenters. The Kier molecular flexibility index (Phi) is 5.39. The van der Waals surface area contributed by atoms with Gasteiger partial charge in [0, 0.05) is 11.3 Å². The normalized spacial score (nSPS) is 8.77. The molecule has 0 N–H and O–H groups in total. The molecule has 4 heteroatoms. The van der Waals surface area contributed by atoms with Crippen LogP contribution in [0.3, 0.4) is 0 Å². The minimum absolute atomic E-state index is 0.227. The van der Waals surface area contributed by atoms with Gasteiger partial charge >= 0.3 is 0 Å². The van der Waals surface area contributed by atoms with Crippen LogP contribution >= 0.6 is 11.6 Å². The zero-order chi connectivity index (χ0) is 10.4. The van der Waals surface area contributed by atoms with Crippen LogP contribution in [0, 0.1) is 13.8 Å². The molecule has 0 aliphatic carbocycles. The molecule has 0 unspecified atom stereocenters. The smallest absolute Gasteiger partial charge is 0.225 e. The third-order valence-corrected chi connectivity index (χ3v) is 1.68. The topological polar surface area (TPSA) is 35.0 Å². The average molecular weight is 203 g/mol. The Morgan fingerprint density at radius 3 is 2.15 bits per heavy atom. The molecule has 13 heavy (non-hydrogen) atoms. The minimum atomic E-state index is 0.227. The highest BCUT2D eigenvalue weighted by molar-refractivity contribution is 6.28. The first-order chi connectivity index (χ1) is 6.15. The predicted molar refractivity (Wildman–Crippen MR) is 54.4 cm³/mol. The molecule has 0 aliphatic heterocycles. The number of hydrogen-bond acceptors (Lipinski definition) is 3. The molecule has 0 bridgehead atoms. The number of nitrogens with zero attached hydrogens (tertiary/aromatic N) is 2. The Labute approximate surface area is 84.1 Å². The van der Waals surface area contributed by atoms with Gasteiger partial charge in [0.25, 0.3) is 0 Å². The molecule has 0 aromatic carbocycles. The van der Waals surface area contributed by atoms with E-state index in [1.165, 1.54) is 0 Å². The van der Waals surface area contributed by atoms with Crippen LogP contribution in [0.15, 0.2) is 0 Å². The van der Waals surface area contributed by atoms with Crippen LogP contribution in [-0.2, 0) is 0 Å². The molecule has 0 fully saturated rings. The summed E-state index contributed by atoms with van der Waals surface area (Å²) < 4.78 is 4.97. The fourth-order valence-electron chi connectivity index (χ4n) is 0.768. The van der Waals surface area contributed by atoms with Gasteiger partial charge in [-0.2, -0.15) is 4.98 Å². The maximum Gasteiger partial charge on any atom is 0.225 e. The van der Waals surface area contributed by atoms with Crippen molar-refractivity contribution in [1.29, 1.82) is 0 Å². The van der Waals surface area contributed by atoms with Crippen LogP contribution in [0.1, 0.15) is 25.1 Å². The number of aromatic nitrogens is 2. The molecule has 3 nitrogen and oxygen atoms in total. The molecule has 0 aliphatic rings. The van der Waals surface area contributed by atoms with Gasteiger partial charge in [0.15, 0.2) is 0 Å². The zero-order valence-electron chi connectivity index (χ0n) is 8.68. The first-order valence-electron chi connectivity index (χ1n) is 4.20. The van der Waals surface area contributed by atoms with Crippen molar-refractivity contribution in [3.8, 4) is 5.88 Å². The standard InChI is InChI=1S/C7H9ClN2O.C2H6/c1-4-5(2)9-7(8)10-6(4)11-3;1-2/h1-3H3;1-2H3. The van der Waals surface area contributed by atoms with Gasteiger partial charge in [-0.05, 0) is 25.4 Å². The first kappa shape index (κ1) is 12.2. The largest absolute Gasteiger partial charge is 0.481 e. The molecule has 1 aromatic rings. The average Bonchev–Trinajstić information content (AvgIpc) is 2.14. The summed E-state index contributed by atoms with van der Waals surface area (Å²) in [4.78, 5) is 7.84. The maximum absolute atomic E-state index is 5.60. The summed E-state index contributed by atoms with van der Waals surface area (Å²) in [6, 6.07) is 0. The third-order valence-electron chi connectivity index (χ3n) is 1.51. The second-order valence-corrected chi connectivity index (χ2v) is 2.55. The van der Waals surface area contributed by atoms with Crippen molar-refractivity contribution in [1.82, 2.24) is 9.97 Å². The quantitative estimate of drug-likeness (QED) is 0.657. The number of hydrogen-bond donors (Lipinski definition) is 0. The molecule has 0 radical (unpaired) electrons. The summed E-state index contributed by atoms with van der Waals surface area (Å²) in [6.07, 6.45) is 0. The van der Waals surface area contributed by atoms with Crippen LogP contribution in [0.4, 0.5) is 0 Å². The number of halogens is 1. The highest BCUT2D eigenvalue weighted by atomic mass is 35.5. The van der Waals surface area contributed by atoms with Gasteiger partial charge in [0.05, 0.1) is 7.11 Å². The van der Waals surface area contributed by atoms with Crippen LogP contribution in [0.2, 0.25) is 5.28 Å². The fraction of sp³-hybridized carbons (Fsp3) is 0.556. The fourth-order valence-corrected chi connectivity index (χ4v) is 0.972. The van der Waals surface area contributed by atoms with E-state index < -0.39 is 0 Å². The van der Waals surface area contributed by atoms with Crippen molar-refractivity contribution < 1.29 is 4.74 Å². The van der Waals surface area contributed by atoms with Crippen LogP contribution < -0.4 is 4.74 Å². The maximum atomic E-state index is 5.60. The van der Waals surface area contributed by atoms with Gasteiger partial charge in [0.2, 0.25) is 11.2 Å². The molecule has 0 amide bonds. The number of methoxy groups -OCH3 is 1. The van der Waals surface area contributed by atoms with E-state index in [0.29, 0.717) is 5.88 Å². The van der Waals surface area contributed by atoms with Crippen LogP contribution in [-0.4, -0.2) is 17.1 Å². The van der Waals surface area contributed by atoms with Gasteiger partial charge in [-0.1, -0.05) is 13.8 Å². The van der Waals surface area contributed by atoms with E-state index in [0.717, 1.165) is 11.3 Å². The van der Waals surface area contributed by atoms with Gasteiger partial charge in [-0.3, -0.25) is 0 Å². The van der Waals surface area contributed by atoms with E-state index in [2.05, 4.69) is 9.97 Å². The Morgan fingerprint density at radius 2 is 1.69 bits per heavy atom. The summed E-state index contributed by atoms with van der Waals surface area (Å²) in [6.45, 7) is 7.76. The second kappa shape index (κ2) is 5.75. The van der Waals surface area contributed by atoms with E-state index in [4.69, 9.17) is 16.3 Å². The number of rotatable bonds is 1. The van der Waals surface area contributed by atoms with Crippen molar-refractivity contribution in [2.75, 3.05) is 7.11 Å². The number of ether oxygens (including phenoxy) is 1. The summed E-state index contributed by atoms with van der Waals surface area (Å²) in [5.74, 6) is 0.544. The Hall–Kier alpha value is -0.830.